The van der Waals surface area contributed by atoms with Crippen LogP contribution in [0.4, 0.5) is 5.82 Å². The van der Waals surface area contributed by atoms with E-state index in [4.69, 9.17) is 0 Å². The van der Waals surface area contributed by atoms with Gasteiger partial charge in [-0.3, -0.25) is 9.40 Å². The van der Waals surface area contributed by atoms with Gasteiger partial charge in [0.05, 0.1) is 5.69 Å². The summed E-state index contributed by atoms with van der Waals surface area (Å²) in [7, 11) is -3.68. The van der Waals surface area contributed by atoms with Gasteiger partial charge < -0.3 is 4.52 Å². The third-order valence-electron chi connectivity index (χ3n) is 2.37. The van der Waals surface area contributed by atoms with Crippen molar-refractivity contribution in [2.24, 2.45) is 0 Å². The van der Waals surface area contributed by atoms with Gasteiger partial charge in [-0.2, -0.15) is 5.10 Å². The molecule has 2 rings (SSSR count). The first-order valence-electron chi connectivity index (χ1n) is 5.39. The standard InChI is InChI=1S/C10H14N4O3S/c1-7(2)14-6-9(8(3)11-14)18(15,16)13-10-4-5-17-12-10/h4-7H,1-3H3,(H,12,13). The molecule has 0 radical (unpaired) electrons. The minimum absolute atomic E-state index is 0.0969. The Kier molecular flexibility index (Phi) is 3.12. The number of rotatable bonds is 4. The minimum Gasteiger partial charge on any atom is -0.363 e. The largest absolute Gasteiger partial charge is 0.363 e. The molecule has 0 saturated carbocycles. The number of anilines is 1. The molecule has 0 bridgehead atoms. The first-order chi connectivity index (χ1) is 8.40. The lowest BCUT2D eigenvalue weighted by Gasteiger charge is -2.03. The molecule has 98 valence electrons. The Labute approximate surface area is 105 Å². The summed E-state index contributed by atoms with van der Waals surface area (Å²) in [6.45, 7) is 5.50. The normalized spacial score (nSPS) is 12.0. The van der Waals surface area contributed by atoms with Crippen LogP contribution >= 0.6 is 0 Å². The van der Waals surface area contributed by atoms with E-state index >= 15 is 0 Å². The van der Waals surface area contributed by atoms with Crippen molar-refractivity contribution in [1.82, 2.24) is 14.9 Å². The average Bonchev–Trinajstić information content (AvgIpc) is 2.86. The molecule has 0 spiro atoms. The zero-order valence-corrected chi connectivity index (χ0v) is 11.1. The lowest BCUT2D eigenvalue weighted by molar-refractivity contribution is 0.423. The fourth-order valence-electron chi connectivity index (χ4n) is 1.45. The van der Waals surface area contributed by atoms with E-state index in [1.165, 1.54) is 18.5 Å². The summed E-state index contributed by atoms with van der Waals surface area (Å²) in [4.78, 5) is 0.138. The SMILES string of the molecule is Cc1nn(C(C)C)cc1S(=O)(=O)Nc1ccon1. The summed E-state index contributed by atoms with van der Waals surface area (Å²) >= 11 is 0. The highest BCUT2D eigenvalue weighted by molar-refractivity contribution is 7.92. The maximum Gasteiger partial charge on any atom is 0.266 e. The maximum absolute atomic E-state index is 12.1. The Morgan fingerprint density at radius 2 is 2.17 bits per heavy atom. The topological polar surface area (TPSA) is 90.0 Å². The summed E-state index contributed by atoms with van der Waals surface area (Å²) in [5, 5.41) is 7.67. The van der Waals surface area contributed by atoms with Gasteiger partial charge in [0.2, 0.25) is 0 Å². The molecule has 18 heavy (non-hydrogen) atoms. The van der Waals surface area contributed by atoms with E-state index in [1.807, 2.05) is 13.8 Å². The fourth-order valence-corrected chi connectivity index (χ4v) is 2.62. The van der Waals surface area contributed by atoms with E-state index in [9.17, 15) is 8.42 Å². The van der Waals surface area contributed by atoms with Gasteiger partial charge in [0.15, 0.2) is 5.82 Å². The summed E-state index contributed by atoms with van der Waals surface area (Å²) in [6.07, 6.45) is 2.80. The van der Waals surface area contributed by atoms with E-state index in [0.29, 0.717) is 5.69 Å². The number of hydrogen-bond acceptors (Lipinski definition) is 5. The predicted molar refractivity (Wildman–Crippen MR) is 64.7 cm³/mol. The van der Waals surface area contributed by atoms with Crippen molar-refractivity contribution in [2.75, 3.05) is 4.72 Å². The first kappa shape index (κ1) is 12.6. The number of hydrogen-bond donors (Lipinski definition) is 1. The van der Waals surface area contributed by atoms with Gasteiger partial charge in [0.25, 0.3) is 10.0 Å². The first-order valence-corrected chi connectivity index (χ1v) is 6.87. The number of aryl methyl sites for hydroxylation is 1. The van der Waals surface area contributed by atoms with Gasteiger partial charge >= 0.3 is 0 Å². The molecular formula is C10H14N4O3S. The van der Waals surface area contributed by atoms with Gasteiger partial charge in [-0.1, -0.05) is 5.16 Å². The van der Waals surface area contributed by atoms with Crippen LogP contribution in [0.15, 0.2) is 27.9 Å². The Hall–Kier alpha value is -1.83. The van der Waals surface area contributed by atoms with Gasteiger partial charge in [-0.25, -0.2) is 8.42 Å². The van der Waals surface area contributed by atoms with Crippen LogP contribution in [-0.2, 0) is 10.0 Å². The molecule has 0 aromatic carbocycles. The second-order valence-electron chi connectivity index (χ2n) is 4.14. The summed E-state index contributed by atoms with van der Waals surface area (Å²) in [5.41, 5.74) is 0.444. The van der Waals surface area contributed by atoms with Crippen LogP contribution in [0.1, 0.15) is 25.6 Å². The van der Waals surface area contributed by atoms with E-state index < -0.39 is 10.0 Å². The second kappa shape index (κ2) is 4.45. The highest BCUT2D eigenvalue weighted by Crippen LogP contribution is 2.19. The molecule has 1 N–H and O–H groups in total. The van der Waals surface area contributed by atoms with Crippen LogP contribution in [0.2, 0.25) is 0 Å². The highest BCUT2D eigenvalue weighted by atomic mass is 32.2. The van der Waals surface area contributed by atoms with Crippen molar-refractivity contribution in [3.05, 3.63) is 24.2 Å². The van der Waals surface area contributed by atoms with Crippen LogP contribution in [-0.4, -0.2) is 23.4 Å². The third-order valence-corrected chi connectivity index (χ3v) is 3.82. The lowest BCUT2D eigenvalue weighted by atomic mass is 10.4. The van der Waals surface area contributed by atoms with Crippen molar-refractivity contribution in [3.8, 4) is 0 Å². The number of nitrogens with zero attached hydrogens (tertiary/aromatic N) is 3. The lowest BCUT2D eigenvalue weighted by Crippen LogP contribution is -2.13. The van der Waals surface area contributed by atoms with Crippen molar-refractivity contribution >= 4 is 15.8 Å². The minimum atomic E-state index is -3.68. The molecule has 0 amide bonds. The van der Waals surface area contributed by atoms with Crippen LogP contribution in [0.3, 0.4) is 0 Å². The summed E-state index contributed by atoms with van der Waals surface area (Å²) in [6, 6.07) is 1.53. The highest BCUT2D eigenvalue weighted by Gasteiger charge is 2.21. The molecule has 0 fully saturated rings. The molecule has 8 heteroatoms. The van der Waals surface area contributed by atoms with E-state index in [-0.39, 0.29) is 16.8 Å². The zero-order chi connectivity index (χ0) is 13.3. The van der Waals surface area contributed by atoms with Crippen LogP contribution in [0.5, 0.6) is 0 Å². The Balaban J connectivity index is 2.35. The Morgan fingerprint density at radius 1 is 1.44 bits per heavy atom. The molecule has 7 nitrogen and oxygen atoms in total. The Morgan fingerprint density at radius 3 is 2.67 bits per heavy atom. The zero-order valence-electron chi connectivity index (χ0n) is 10.3. The van der Waals surface area contributed by atoms with E-state index in [1.54, 1.807) is 11.6 Å². The van der Waals surface area contributed by atoms with Crippen LogP contribution in [0, 0.1) is 6.92 Å². The van der Waals surface area contributed by atoms with E-state index in [0.717, 1.165) is 0 Å². The average molecular weight is 270 g/mol. The van der Waals surface area contributed by atoms with Gasteiger partial charge in [0.1, 0.15) is 11.2 Å². The van der Waals surface area contributed by atoms with Crippen molar-refractivity contribution in [3.63, 3.8) is 0 Å². The molecule has 0 atom stereocenters. The van der Waals surface area contributed by atoms with Crippen molar-refractivity contribution < 1.29 is 12.9 Å². The van der Waals surface area contributed by atoms with Gasteiger partial charge in [-0.05, 0) is 20.8 Å². The smallest absolute Gasteiger partial charge is 0.266 e. The molecule has 0 saturated heterocycles. The molecule has 2 aromatic heterocycles. The van der Waals surface area contributed by atoms with E-state index in [2.05, 4.69) is 19.5 Å². The number of nitrogens with one attached hydrogen (secondary N) is 1. The molecule has 2 aromatic rings. The van der Waals surface area contributed by atoms with Gasteiger partial charge in [-0.15, -0.1) is 0 Å². The van der Waals surface area contributed by atoms with Crippen molar-refractivity contribution in [2.45, 2.75) is 31.7 Å². The second-order valence-corrected chi connectivity index (χ2v) is 5.79. The monoisotopic (exact) mass is 270 g/mol. The molecule has 0 unspecified atom stereocenters. The maximum atomic E-state index is 12.1. The fraction of sp³-hybridized carbons (Fsp3) is 0.400. The summed E-state index contributed by atoms with van der Waals surface area (Å²) < 4.78 is 32.7. The van der Waals surface area contributed by atoms with Crippen LogP contribution < -0.4 is 4.72 Å². The van der Waals surface area contributed by atoms with Gasteiger partial charge in [0, 0.05) is 18.3 Å². The number of aromatic nitrogens is 3. The van der Waals surface area contributed by atoms with Crippen molar-refractivity contribution in [1.29, 1.82) is 0 Å². The molecule has 0 aliphatic rings. The molecule has 0 aliphatic carbocycles. The number of sulfonamides is 1. The van der Waals surface area contributed by atoms with Crippen LogP contribution in [0.25, 0.3) is 0 Å². The molecule has 0 aliphatic heterocycles. The quantitative estimate of drug-likeness (QED) is 0.910. The summed E-state index contributed by atoms with van der Waals surface area (Å²) in [5.74, 6) is 0.145. The predicted octanol–water partition coefficient (Wildman–Crippen LogP) is 1.56. The Bertz CT molecular complexity index is 628. The molecular weight excluding hydrogens is 256 g/mol. The third kappa shape index (κ3) is 2.37. The molecule has 2 heterocycles.